The van der Waals surface area contributed by atoms with Crippen LogP contribution in [0.3, 0.4) is 0 Å². The van der Waals surface area contributed by atoms with E-state index < -0.39 is 20.4 Å². The molecule has 21 heavy (non-hydrogen) atoms. The van der Waals surface area contributed by atoms with Crippen LogP contribution in [0.4, 0.5) is 0 Å². The molecule has 0 saturated heterocycles. The normalized spacial score (nSPS) is 13.6. The van der Waals surface area contributed by atoms with Crippen LogP contribution in [-0.2, 0) is 23.1 Å². The van der Waals surface area contributed by atoms with E-state index in [1.54, 1.807) is 6.92 Å². The summed E-state index contributed by atoms with van der Waals surface area (Å²) in [6.07, 6.45) is 0. The van der Waals surface area contributed by atoms with Gasteiger partial charge in [-0.2, -0.15) is 0 Å². The molecule has 0 heterocycles. The number of esters is 1. The lowest BCUT2D eigenvalue weighted by Crippen LogP contribution is -2.13. The number of carbonyl (C=O) groups excluding carboxylic acids is 1. The fraction of sp³-hybridized carbons (Fsp3) is 0.364. The Bertz CT molecular complexity index is 565. The quantitative estimate of drug-likeness (QED) is 0.399. The molecule has 0 aromatic heterocycles. The van der Waals surface area contributed by atoms with Gasteiger partial charge >= 0.3 is 13.8 Å². The topological polar surface area (TPSA) is 71.1 Å². The zero-order chi connectivity index (χ0) is 16.0. The number of hydrogen-bond donors (Lipinski definition) is 0. The van der Waals surface area contributed by atoms with Crippen molar-refractivity contribution in [3.05, 3.63) is 27.2 Å². The molecular weight excluding hydrogens is 365 g/mol. The third-order valence-electron chi connectivity index (χ3n) is 2.05. The lowest BCUT2D eigenvalue weighted by molar-refractivity contribution is -0.145. The van der Waals surface area contributed by atoms with Crippen LogP contribution in [0, 0.1) is 0 Å². The van der Waals surface area contributed by atoms with Gasteiger partial charge in [-0.3, -0.25) is 9.05 Å². The van der Waals surface area contributed by atoms with Crippen LogP contribution >= 0.6 is 42.6 Å². The number of ether oxygens (including phenoxy) is 1. The third-order valence-corrected chi connectivity index (χ3v) is 4.38. The van der Waals surface area contributed by atoms with Crippen molar-refractivity contribution >= 4 is 48.6 Å². The number of carbonyl (C=O) groups is 1. The molecule has 1 rings (SSSR count). The maximum absolute atomic E-state index is 12.2. The molecule has 6 nitrogen and oxygen atoms in total. The molecule has 0 N–H and O–H groups in total. The Morgan fingerprint density at radius 2 is 1.81 bits per heavy atom. The molecule has 118 valence electrons. The molecule has 0 aliphatic heterocycles. The summed E-state index contributed by atoms with van der Waals surface area (Å²) in [5.41, 5.74) is 0. The van der Waals surface area contributed by atoms with Crippen molar-refractivity contribution in [1.82, 2.24) is 0 Å². The Morgan fingerprint density at radius 3 is 2.38 bits per heavy atom. The van der Waals surface area contributed by atoms with Gasteiger partial charge in [0.05, 0.1) is 21.7 Å². The minimum Gasteiger partial charge on any atom is -0.464 e. The van der Waals surface area contributed by atoms with Crippen LogP contribution in [0.15, 0.2) is 12.1 Å². The number of phosphoric acid groups is 1. The largest absolute Gasteiger partial charge is 0.530 e. The van der Waals surface area contributed by atoms with Gasteiger partial charge in [-0.1, -0.05) is 34.8 Å². The number of hydrogen-bond acceptors (Lipinski definition) is 6. The highest BCUT2D eigenvalue weighted by molar-refractivity contribution is 7.48. The van der Waals surface area contributed by atoms with E-state index in [1.807, 2.05) is 0 Å². The van der Waals surface area contributed by atoms with E-state index >= 15 is 0 Å². The van der Waals surface area contributed by atoms with Crippen LogP contribution in [0.1, 0.15) is 6.92 Å². The van der Waals surface area contributed by atoms with Gasteiger partial charge in [0, 0.05) is 13.2 Å². The molecule has 1 aromatic rings. The van der Waals surface area contributed by atoms with Crippen molar-refractivity contribution in [2.45, 2.75) is 6.92 Å². The summed E-state index contributed by atoms with van der Waals surface area (Å²) >= 11 is 17.5. The van der Waals surface area contributed by atoms with Gasteiger partial charge in [0.25, 0.3) is 0 Å². The molecule has 0 bridgehead atoms. The van der Waals surface area contributed by atoms with Crippen LogP contribution in [-0.4, -0.2) is 26.3 Å². The Kier molecular flexibility index (Phi) is 7.27. The van der Waals surface area contributed by atoms with Gasteiger partial charge in [-0.15, -0.1) is 0 Å². The second-order valence-corrected chi connectivity index (χ2v) is 6.42. The minimum atomic E-state index is -4.05. The van der Waals surface area contributed by atoms with Gasteiger partial charge in [0.1, 0.15) is 0 Å². The molecule has 10 heteroatoms. The number of benzene rings is 1. The van der Waals surface area contributed by atoms with E-state index in [9.17, 15) is 9.36 Å². The summed E-state index contributed by atoms with van der Waals surface area (Å²) in [5.74, 6) is -0.765. The SMILES string of the molecule is CCOC(=O)COP(=O)(OC)Oc1cc(Cl)c(Cl)cc1Cl. The van der Waals surface area contributed by atoms with Crippen molar-refractivity contribution in [2.24, 2.45) is 0 Å². The number of rotatable bonds is 7. The highest BCUT2D eigenvalue weighted by Crippen LogP contribution is 2.51. The Morgan fingerprint density at radius 1 is 1.19 bits per heavy atom. The fourth-order valence-electron chi connectivity index (χ4n) is 1.15. The Balaban J connectivity index is 2.83. The van der Waals surface area contributed by atoms with Crippen LogP contribution in [0.2, 0.25) is 15.1 Å². The van der Waals surface area contributed by atoms with Crippen LogP contribution in [0.5, 0.6) is 5.75 Å². The smallest absolute Gasteiger partial charge is 0.464 e. The average Bonchev–Trinajstić information content (AvgIpc) is 2.43. The van der Waals surface area contributed by atoms with Gasteiger partial charge in [0.15, 0.2) is 12.4 Å². The molecule has 1 aromatic carbocycles. The zero-order valence-corrected chi connectivity index (χ0v) is 14.3. The summed E-state index contributed by atoms with van der Waals surface area (Å²) in [4.78, 5) is 11.2. The lowest BCUT2D eigenvalue weighted by atomic mass is 10.3. The maximum Gasteiger partial charge on any atom is 0.530 e. The Hall–Kier alpha value is -0.490. The molecular formula is C11H12Cl3O6P. The summed E-state index contributed by atoms with van der Waals surface area (Å²) in [6.45, 7) is 1.19. The lowest BCUT2D eigenvalue weighted by Gasteiger charge is -2.17. The molecule has 1 atom stereocenters. The van der Waals surface area contributed by atoms with Gasteiger partial charge in [-0.05, 0) is 13.0 Å². The molecule has 0 radical (unpaired) electrons. The molecule has 0 amide bonds. The number of halogens is 3. The molecule has 0 aliphatic carbocycles. The summed E-state index contributed by atoms with van der Waals surface area (Å²) in [7, 11) is -2.95. The first kappa shape index (κ1) is 18.6. The predicted octanol–water partition coefficient (Wildman–Crippen LogP) is 4.36. The second kappa shape index (κ2) is 8.22. The van der Waals surface area contributed by atoms with Gasteiger partial charge < -0.3 is 9.26 Å². The van der Waals surface area contributed by atoms with E-state index in [0.717, 1.165) is 7.11 Å². The van der Waals surface area contributed by atoms with E-state index in [1.165, 1.54) is 12.1 Å². The van der Waals surface area contributed by atoms with Crippen LogP contribution < -0.4 is 4.52 Å². The van der Waals surface area contributed by atoms with E-state index in [4.69, 9.17) is 43.9 Å². The zero-order valence-electron chi connectivity index (χ0n) is 11.1. The minimum absolute atomic E-state index is 0.0555. The second-order valence-electron chi connectivity index (χ2n) is 3.50. The average molecular weight is 378 g/mol. The molecule has 1 unspecified atom stereocenters. The molecule has 0 aliphatic rings. The standard InChI is InChI=1S/C11H12Cl3O6P/c1-3-18-11(15)6-19-21(16,17-2)20-10-5-8(13)7(12)4-9(10)14/h4-5H,3,6H2,1-2H3. The predicted molar refractivity (Wildman–Crippen MR) is 79.3 cm³/mol. The first-order valence-electron chi connectivity index (χ1n) is 5.61. The summed E-state index contributed by atoms with van der Waals surface area (Å²) < 4.78 is 31.4. The molecule has 0 spiro atoms. The monoisotopic (exact) mass is 376 g/mol. The van der Waals surface area contributed by atoms with E-state index in [2.05, 4.69) is 9.26 Å². The first-order chi connectivity index (χ1) is 9.81. The van der Waals surface area contributed by atoms with Crippen molar-refractivity contribution in [1.29, 1.82) is 0 Å². The van der Waals surface area contributed by atoms with Crippen molar-refractivity contribution in [3.63, 3.8) is 0 Å². The van der Waals surface area contributed by atoms with Crippen molar-refractivity contribution in [3.8, 4) is 5.75 Å². The Labute approximate surface area is 136 Å². The van der Waals surface area contributed by atoms with Crippen molar-refractivity contribution < 1.29 is 27.7 Å². The summed E-state index contributed by atoms with van der Waals surface area (Å²) in [5, 5.41) is 0.402. The van der Waals surface area contributed by atoms with Gasteiger partial charge in [0.2, 0.25) is 0 Å². The summed E-state index contributed by atoms with van der Waals surface area (Å²) in [6, 6.07) is 2.57. The highest BCUT2D eigenvalue weighted by atomic mass is 35.5. The molecule has 0 fully saturated rings. The van der Waals surface area contributed by atoms with Gasteiger partial charge in [-0.25, -0.2) is 9.36 Å². The fourth-order valence-corrected chi connectivity index (χ4v) is 2.66. The van der Waals surface area contributed by atoms with Crippen LogP contribution in [0.25, 0.3) is 0 Å². The molecule has 0 saturated carbocycles. The first-order valence-corrected chi connectivity index (χ1v) is 8.21. The van der Waals surface area contributed by atoms with E-state index in [0.29, 0.717) is 0 Å². The van der Waals surface area contributed by atoms with Crippen molar-refractivity contribution in [2.75, 3.05) is 20.3 Å². The van der Waals surface area contributed by atoms with E-state index in [-0.39, 0.29) is 27.4 Å². The number of phosphoric ester groups is 1. The highest BCUT2D eigenvalue weighted by Gasteiger charge is 2.29. The third kappa shape index (κ3) is 5.66. The maximum atomic E-state index is 12.2.